The van der Waals surface area contributed by atoms with Gasteiger partial charge in [0.1, 0.15) is 5.75 Å². The van der Waals surface area contributed by atoms with Gasteiger partial charge >= 0.3 is 0 Å². The number of nitrogens with one attached hydrogen (secondary N) is 1. The van der Waals surface area contributed by atoms with Crippen LogP contribution in [0.3, 0.4) is 0 Å². The highest BCUT2D eigenvalue weighted by Crippen LogP contribution is 2.35. The number of aromatic amines is 1. The molecule has 0 amide bonds. The molecule has 1 aromatic heterocycles. The molecule has 1 aromatic carbocycles. The van der Waals surface area contributed by atoms with Gasteiger partial charge in [-0.15, -0.1) is 0 Å². The van der Waals surface area contributed by atoms with E-state index >= 15 is 0 Å². The lowest BCUT2D eigenvalue weighted by atomic mass is 10.2. The Balaban J connectivity index is 0.000000249. The molecule has 1 heterocycles. The smallest absolute Gasteiger partial charge is 0.142 e. The Morgan fingerprint density at radius 2 is 1.88 bits per heavy atom. The van der Waals surface area contributed by atoms with E-state index in [0.717, 1.165) is 9.99 Å². The summed E-state index contributed by atoms with van der Waals surface area (Å²) in [5, 5.41) is 10.6. The van der Waals surface area contributed by atoms with Gasteiger partial charge < -0.3 is 29.3 Å². The first kappa shape index (κ1) is 14.5. The Morgan fingerprint density at radius 3 is 2.41 bits per heavy atom. The second kappa shape index (κ2) is 5.39. The first-order chi connectivity index (χ1) is 7.70. The summed E-state index contributed by atoms with van der Waals surface area (Å²) in [4.78, 5) is 28.5. The standard InChI is InChI=1S/C8H5BrClNO.H3O4P/c9-4-1-2-5-7(8(4)10)6(12)3-11-5;1-5(2,3)4/h1-3,11-12H;(H3,1,2,3,4)/p-3. The zero-order valence-corrected chi connectivity index (χ0v) is 11.3. The summed E-state index contributed by atoms with van der Waals surface area (Å²) in [6.45, 7) is 0. The maximum Gasteiger partial charge on any atom is 0.142 e. The van der Waals surface area contributed by atoms with Crippen LogP contribution in [0.5, 0.6) is 5.75 Å². The Kier molecular flexibility index (Phi) is 4.60. The van der Waals surface area contributed by atoms with Crippen molar-refractivity contribution < 1.29 is 24.4 Å². The predicted octanol–water partition coefficient (Wildman–Crippen LogP) is 0.465. The topological polar surface area (TPSA) is 122 Å². The summed E-state index contributed by atoms with van der Waals surface area (Å²) in [5.41, 5.74) is 0.834. The molecule has 2 N–H and O–H groups in total. The van der Waals surface area contributed by atoms with E-state index in [1.54, 1.807) is 0 Å². The maximum absolute atomic E-state index is 9.38. The van der Waals surface area contributed by atoms with Crippen LogP contribution in [0.25, 0.3) is 10.9 Å². The molecule has 0 unspecified atom stereocenters. The zero-order chi connectivity index (χ0) is 13.2. The molecule has 9 heteroatoms. The third-order valence-corrected chi connectivity index (χ3v) is 3.00. The van der Waals surface area contributed by atoms with Crippen molar-refractivity contribution in [2.45, 2.75) is 0 Å². The van der Waals surface area contributed by atoms with Gasteiger partial charge in [-0.2, -0.15) is 7.82 Å². The maximum atomic E-state index is 9.38. The van der Waals surface area contributed by atoms with E-state index < -0.39 is 7.82 Å². The number of rotatable bonds is 0. The number of H-pyrrole nitrogens is 1. The molecule has 6 nitrogen and oxygen atoms in total. The molecular formula is C8H5BrClNO5P-3. The Morgan fingerprint density at radius 1 is 1.35 bits per heavy atom. The van der Waals surface area contributed by atoms with Crippen molar-refractivity contribution in [3.8, 4) is 5.75 Å². The molecule has 0 spiro atoms. The highest BCUT2D eigenvalue weighted by molar-refractivity contribution is 9.10. The number of aromatic hydroxyl groups is 1. The molecule has 0 aliphatic carbocycles. The van der Waals surface area contributed by atoms with Crippen LogP contribution in [0.1, 0.15) is 0 Å². The second-order valence-corrected chi connectivity index (χ2v) is 5.03. The molecule has 0 aliphatic heterocycles. The molecule has 0 bridgehead atoms. The van der Waals surface area contributed by atoms with E-state index in [1.807, 2.05) is 12.1 Å². The van der Waals surface area contributed by atoms with Gasteiger partial charge in [0.15, 0.2) is 0 Å². The van der Waals surface area contributed by atoms with Crippen molar-refractivity contribution in [1.29, 1.82) is 0 Å². The van der Waals surface area contributed by atoms with E-state index in [-0.39, 0.29) is 5.75 Å². The molecule has 0 atom stereocenters. The monoisotopic (exact) mass is 340 g/mol. The number of hydrogen-bond donors (Lipinski definition) is 2. The molecule has 17 heavy (non-hydrogen) atoms. The van der Waals surface area contributed by atoms with Gasteiger partial charge in [-0.1, -0.05) is 11.6 Å². The zero-order valence-electron chi connectivity index (χ0n) is 8.02. The Bertz CT molecular complexity index is 572. The average molecular weight is 341 g/mol. The Hall–Kier alpha value is -0.560. The number of benzene rings is 1. The first-order valence-corrected chi connectivity index (χ1v) is 6.70. The molecule has 2 rings (SSSR count). The van der Waals surface area contributed by atoms with Gasteiger partial charge in [0.05, 0.1) is 15.9 Å². The van der Waals surface area contributed by atoms with E-state index in [0.29, 0.717) is 10.4 Å². The molecule has 0 saturated carbocycles. The van der Waals surface area contributed by atoms with Crippen LogP contribution >= 0.6 is 35.4 Å². The number of fused-ring (bicyclic) bond motifs is 1. The van der Waals surface area contributed by atoms with Gasteiger partial charge in [0.25, 0.3) is 0 Å². The molecular weight excluding hydrogens is 336 g/mol. The lowest BCUT2D eigenvalue weighted by Gasteiger charge is -2.36. The van der Waals surface area contributed by atoms with Crippen LogP contribution in [0, 0.1) is 0 Å². The molecule has 0 saturated heterocycles. The lowest BCUT2D eigenvalue weighted by molar-refractivity contribution is -0.432. The van der Waals surface area contributed by atoms with Crippen molar-refractivity contribution in [1.82, 2.24) is 4.98 Å². The quantitative estimate of drug-likeness (QED) is 0.674. The summed E-state index contributed by atoms with van der Waals surface area (Å²) in [7, 11) is -5.39. The van der Waals surface area contributed by atoms with Gasteiger partial charge in [-0.05, 0) is 28.1 Å². The van der Waals surface area contributed by atoms with E-state index in [9.17, 15) is 5.11 Å². The fraction of sp³-hybridized carbons (Fsp3) is 0. The minimum absolute atomic E-state index is 0.177. The van der Waals surface area contributed by atoms with E-state index in [4.69, 9.17) is 30.8 Å². The number of aromatic nitrogens is 1. The first-order valence-electron chi connectivity index (χ1n) is 4.07. The fourth-order valence-corrected chi connectivity index (χ4v) is 1.73. The van der Waals surface area contributed by atoms with Gasteiger partial charge in [0, 0.05) is 10.7 Å². The van der Waals surface area contributed by atoms with Crippen molar-refractivity contribution in [3.05, 3.63) is 27.8 Å². The van der Waals surface area contributed by atoms with Crippen LogP contribution in [0.4, 0.5) is 0 Å². The summed E-state index contributed by atoms with van der Waals surface area (Å²) in [6, 6.07) is 3.69. The molecule has 0 radical (unpaired) electrons. The SMILES string of the molecule is O=P([O-])([O-])[O-].Oc1c[nH]c2ccc(Br)c(Cl)c12. The van der Waals surface area contributed by atoms with Crippen molar-refractivity contribution in [2.75, 3.05) is 0 Å². The second-order valence-electron chi connectivity index (χ2n) is 2.91. The minimum Gasteiger partial charge on any atom is -0.822 e. The third-order valence-electron chi connectivity index (χ3n) is 1.72. The highest BCUT2D eigenvalue weighted by Gasteiger charge is 2.08. The van der Waals surface area contributed by atoms with Crippen LogP contribution in [0.2, 0.25) is 5.02 Å². The van der Waals surface area contributed by atoms with Gasteiger partial charge in [-0.25, -0.2) is 0 Å². The predicted molar refractivity (Wildman–Crippen MR) is 60.3 cm³/mol. The molecule has 2 aromatic rings. The summed E-state index contributed by atoms with van der Waals surface area (Å²) >= 11 is 9.22. The summed E-state index contributed by atoms with van der Waals surface area (Å²) < 4.78 is 9.33. The van der Waals surface area contributed by atoms with Crippen LogP contribution < -0.4 is 14.7 Å². The lowest BCUT2D eigenvalue weighted by Crippen LogP contribution is -2.24. The van der Waals surface area contributed by atoms with Crippen LogP contribution in [-0.2, 0) is 4.57 Å². The van der Waals surface area contributed by atoms with Gasteiger partial charge in [0.2, 0.25) is 0 Å². The normalized spacial score (nSPS) is 11.1. The largest absolute Gasteiger partial charge is 0.822 e. The number of halogens is 2. The molecule has 0 aliphatic rings. The number of hydrogen-bond acceptors (Lipinski definition) is 5. The fourth-order valence-electron chi connectivity index (χ4n) is 1.14. The van der Waals surface area contributed by atoms with Crippen molar-refractivity contribution in [2.24, 2.45) is 0 Å². The van der Waals surface area contributed by atoms with E-state index in [1.165, 1.54) is 6.20 Å². The average Bonchev–Trinajstić information content (AvgIpc) is 2.52. The molecule has 0 fully saturated rings. The minimum atomic E-state index is -5.39. The van der Waals surface area contributed by atoms with Crippen molar-refractivity contribution >= 4 is 46.3 Å². The van der Waals surface area contributed by atoms with E-state index in [2.05, 4.69) is 20.9 Å². The van der Waals surface area contributed by atoms with Gasteiger partial charge in [-0.3, -0.25) is 0 Å². The number of phosphoric acid groups is 1. The Labute approximate surface area is 109 Å². The molecule has 94 valence electrons. The summed E-state index contributed by atoms with van der Waals surface area (Å²) in [6.07, 6.45) is 1.52. The van der Waals surface area contributed by atoms with Crippen molar-refractivity contribution in [3.63, 3.8) is 0 Å². The van der Waals surface area contributed by atoms with Crippen LogP contribution in [0.15, 0.2) is 22.8 Å². The summed E-state index contributed by atoms with van der Waals surface area (Å²) in [5.74, 6) is 0.177. The van der Waals surface area contributed by atoms with Crippen LogP contribution in [-0.4, -0.2) is 10.1 Å². The third kappa shape index (κ3) is 4.31. The highest BCUT2D eigenvalue weighted by atomic mass is 79.9.